The Bertz CT molecular complexity index is 1080. The topological polar surface area (TPSA) is 65.5 Å². The van der Waals surface area contributed by atoms with Crippen LogP contribution in [0.5, 0.6) is 5.75 Å². The Morgan fingerprint density at radius 2 is 1.88 bits per heavy atom. The average Bonchev–Trinajstić information content (AvgIpc) is 3.05. The summed E-state index contributed by atoms with van der Waals surface area (Å²) < 4.78 is 16.1. The molecule has 0 radical (unpaired) electrons. The highest BCUT2D eigenvalue weighted by Gasteiger charge is 2.09. The fraction of sp³-hybridized carbons (Fsp3) is 0.100. The van der Waals surface area contributed by atoms with Crippen LogP contribution in [0.25, 0.3) is 22.1 Å². The first-order valence-corrected chi connectivity index (χ1v) is 7.87. The number of hydrogen-bond donors (Lipinski definition) is 0. The van der Waals surface area contributed by atoms with Crippen LogP contribution in [0, 0.1) is 6.92 Å². The van der Waals surface area contributed by atoms with Gasteiger partial charge in [0.15, 0.2) is 0 Å². The Morgan fingerprint density at radius 3 is 2.64 bits per heavy atom. The Hall–Kier alpha value is -3.34. The Balaban J connectivity index is 1.70. The maximum atomic E-state index is 11.9. The van der Waals surface area contributed by atoms with Crippen molar-refractivity contribution in [2.24, 2.45) is 0 Å². The molecule has 0 amide bonds. The summed E-state index contributed by atoms with van der Waals surface area (Å²) in [4.78, 5) is 11.9. The van der Waals surface area contributed by atoms with Crippen molar-refractivity contribution in [1.29, 1.82) is 0 Å². The number of aryl methyl sites for hydroxylation is 1. The van der Waals surface area contributed by atoms with Crippen molar-refractivity contribution in [2.75, 3.05) is 0 Å². The molecule has 0 aliphatic heterocycles. The molecule has 0 bridgehead atoms. The van der Waals surface area contributed by atoms with Crippen molar-refractivity contribution >= 4 is 11.0 Å². The second kappa shape index (κ2) is 6.28. The van der Waals surface area contributed by atoms with Gasteiger partial charge in [0.25, 0.3) is 0 Å². The standard InChI is InChI=1S/C20H15NO4/c1-13-9-15(21-25-13)12-23-16-7-8-17-18(14-5-3-2-4-6-14)11-20(22)24-19(17)10-16/h2-11H,12H2,1H3. The SMILES string of the molecule is Cc1cc(COc2ccc3c(-c4ccccc4)cc(=O)oc3c2)no1. The molecule has 0 atom stereocenters. The minimum absolute atomic E-state index is 0.283. The van der Waals surface area contributed by atoms with E-state index in [0.717, 1.165) is 22.3 Å². The molecule has 0 saturated carbocycles. The van der Waals surface area contributed by atoms with E-state index in [1.165, 1.54) is 6.07 Å². The van der Waals surface area contributed by atoms with Gasteiger partial charge in [-0.05, 0) is 30.2 Å². The Morgan fingerprint density at radius 1 is 1.04 bits per heavy atom. The van der Waals surface area contributed by atoms with E-state index in [0.29, 0.717) is 17.0 Å². The highest BCUT2D eigenvalue weighted by Crippen LogP contribution is 2.29. The molecule has 2 heterocycles. The molecular formula is C20H15NO4. The van der Waals surface area contributed by atoms with Gasteiger partial charge in [0.1, 0.15) is 29.4 Å². The lowest BCUT2D eigenvalue weighted by molar-refractivity contribution is 0.288. The third kappa shape index (κ3) is 3.17. The monoisotopic (exact) mass is 333 g/mol. The van der Waals surface area contributed by atoms with Crippen molar-refractivity contribution in [3.63, 3.8) is 0 Å². The van der Waals surface area contributed by atoms with Crippen LogP contribution in [-0.2, 0) is 6.61 Å². The van der Waals surface area contributed by atoms with Crippen molar-refractivity contribution < 1.29 is 13.7 Å². The summed E-state index contributed by atoms with van der Waals surface area (Å²) in [5.41, 5.74) is 2.60. The molecule has 0 unspecified atom stereocenters. The molecule has 0 spiro atoms. The summed E-state index contributed by atoms with van der Waals surface area (Å²) in [5.74, 6) is 1.33. The number of benzene rings is 2. The van der Waals surface area contributed by atoms with E-state index in [4.69, 9.17) is 13.7 Å². The zero-order valence-corrected chi connectivity index (χ0v) is 13.6. The maximum Gasteiger partial charge on any atom is 0.336 e. The molecule has 2 aromatic carbocycles. The normalized spacial score (nSPS) is 10.9. The zero-order chi connectivity index (χ0) is 17.2. The van der Waals surface area contributed by atoms with Crippen LogP contribution < -0.4 is 10.4 Å². The minimum atomic E-state index is -0.393. The van der Waals surface area contributed by atoms with Gasteiger partial charge in [0.05, 0.1) is 0 Å². The fourth-order valence-electron chi connectivity index (χ4n) is 2.73. The molecule has 4 aromatic rings. The third-order valence-corrected chi connectivity index (χ3v) is 3.86. The fourth-order valence-corrected chi connectivity index (χ4v) is 2.73. The van der Waals surface area contributed by atoms with Gasteiger partial charge in [-0.15, -0.1) is 0 Å². The first kappa shape index (κ1) is 15.2. The molecule has 0 N–H and O–H groups in total. The number of nitrogens with zero attached hydrogens (tertiary/aromatic N) is 1. The van der Waals surface area contributed by atoms with E-state index in [1.807, 2.05) is 55.5 Å². The van der Waals surface area contributed by atoms with Gasteiger partial charge >= 0.3 is 5.63 Å². The van der Waals surface area contributed by atoms with Gasteiger partial charge < -0.3 is 13.7 Å². The highest BCUT2D eigenvalue weighted by molar-refractivity contribution is 5.93. The molecule has 0 aliphatic carbocycles. The first-order chi connectivity index (χ1) is 12.2. The van der Waals surface area contributed by atoms with E-state index in [9.17, 15) is 4.79 Å². The average molecular weight is 333 g/mol. The van der Waals surface area contributed by atoms with Crippen molar-refractivity contribution in [3.8, 4) is 16.9 Å². The summed E-state index contributed by atoms with van der Waals surface area (Å²) in [6.45, 7) is 2.11. The molecular weight excluding hydrogens is 318 g/mol. The van der Waals surface area contributed by atoms with E-state index in [2.05, 4.69) is 5.16 Å². The molecule has 2 aromatic heterocycles. The summed E-state index contributed by atoms with van der Waals surface area (Å²) >= 11 is 0. The smallest absolute Gasteiger partial charge is 0.336 e. The molecule has 4 rings (SSSR count). The van der Waals surface area contributed by atoms with Crippen LogP contribution in [0.1, 0.15) is 11.5 Å². The number of hydrogen-bond acceptors (Lipinski definition) is 5. The van der Waals surface area contributed by atoms with Gasteiger partial charge in [0.2, 0.25) is 0 Å². The third-order valence-electron chi connectivity index (χ3n) is 3.86. The second-order valence-electron chi connectivity index (χ2n) is 5.72. The van der Waals surface area contributed by atoms with Crippen LogP contribution in [0.4, 0.5) is 0 Å². The predicted molar refractivity (Wildman–Crippen MR) is 93.5 cm³/mol. The lowest BCUT2D eigenvalue weighted by Crippen LogP contribution is -1.99. The number of ether oxygens (including phenoxy) is 1. The highest BCUT2D eigenvalue weighted by atomic mass is 16.5. The lowest BCUT2D eigenvalue weighted by Gasteiger charge is -2.08. The van der Waals surface area contributed by atoms with Gasteiger partial charge in [-0.3, -0.25) is 0 Å². The second-order valence-corrected chi connectivity index (χ2v) is 5.72. The van der Waals surface area contributed by atoms with Gasteiger partial charge in [0, 0.05) is 23.6 Å². The van der Waals surface area contributed by atoms with Crippen LogP contribution in [0.2, 0.25) is 0 Å². The largest absolute Gasteiger partial charge is 0.487 e. The van der Waals surface area contributed by atoms with Gasteiger partial charge in [-0.2, -0.15) is 0 Å². The van der Waals surface area contributed by atoms with Gasteiger partial charge in [-0.25, -0.2) is 4.79 Å². The lowest BCUT2D eigenvalue weighted by atomic mass is 10.0. The number of rotatable bonds is 4. The summed E-state index contributed by atoms with van der Waals surface area (Å²) in [6, 6.07) is 18.5. The van der Waals surface area contributed by atoms with Crippen LogP contribution in [-0.4, -0.2) is 5.16 Å². The molecule has 5 heteroatoms. The van der Waals surface area contributed by atoms with Crippen LogP contribution >= 0.6 is 0 Å². The molecule has 0 fully saturated rings. The van der Waals surface area contributed by atoms with Crippen LogP contribution in [0.3, 0.4) is 0 Å². The van der Waals surface area contributed by atoms with Crippen molar-refractivity contribution in [2.45, 2.75) is 13.5 Å². The zero-order valence-electron chi connectivity index (χ0n) is 13.6. The molecule has 25 heavy (non-hydrogen) atoms. The van der Waals surface area contributed by atoms with E-state index < -0.39 is 5.63 Å². The Labute approximate surface area is 143 Å². The molecule has 0 saturated heterocycles. The summed E-state index contributed by atoms with van der Waals surface area (Å²) in [7, 11) is 0. The predicted octanol–water partition coefficient (Wildman–Crippen LogP) is 4.34. The van der Waals surface area contributed by atoms with Crippen molar-refractivity contribution in [1.82, 2.24) is 5.16 Å². The minimum Gasteiger partial charge on any atom is -0.487 e. The molecule has 5 nitrogen and oxygen atoms in total. The maximum absolute atomic E-state index is 11.9. The van der Waals surface area contributed by atoms with E-state index in [-0.39, 0.29) is 6.61 Å². The van der Waals surface area contributed by atoms with Crippen LogP contribution in [0.15, 0.2) is 74.4 Å². The summed E-state index contributed by atoms with van der Waals surface area (Å²) in [6.07, 6.45) is 0. The van der Waals surface area contributed by atoms with Gasteiger partial charge in [-0.1, -0.05) is 35.5 Å². The number of fused-ring (bicyclic) bond motifs is 1. The number of aromatic nitrogens is 1. The van der Waals surface area contributed by atoms with Crippen molar-refractivity contribution in [3.05, 3.63) is 82.5 Å². The first-order valence-electron chi connectivity index (χ1n) is 7.87. The molecule has 124 valence electrons. The molecule has 0 aliphatic rings. The summed E-state index contributed by atoms with van der Waals surface area (Å²) in [5, 5.41) is 4.74. The van der Waals surface area contributed by atoms with E-state index >= 15 is 0 Å². The Kier molecular flexibility index (Phi) is 3.82. The quantitative estimate of drug-likeness (QED) is 0.520. The van der Waals surface area contributed by atoms with E-state index in [1.54, 1.807) is 6.07 Å².